The quantitative estimate of drug-likeness (QED) is 0.858. The fourth-order valence-corrected chi connectivity index (χ4v) is 1.66. The summed E-state index contributed by atoms with van der Waals surface area (Å²) in [7, 11) is 0. The van der Waals surface area contributed by atoms with Crippen LogP contribution < -0.4 is 5.32 Å². The van der Waals surface area contributed by atoms with Crippen LogP contribution in [0.5, 0.6) is 0 Å². The summed E-state index contributed by atoms with van der Waals surface area (Å²) < 4.78 is 5.06. The van der Waals surface area contributed by atoms with Crippen molar-refractivity contribution in [2.24, 2.45) is 0 Å². The number of hydrogen-bond acceptors (Lipinski definition) is 5. The van der Waals surface area contributed by atoms with Crippen molar-refractivity contribution >= 4 is 11.8 Å². The summed E-state index contributed by atoms with van der Waals surface area (Å²) in [5.41, 5.74) is 1.76. The van der Waals surface area contributed by atoms with Gasteiger partial charge in [-0.05, 0) is 25.5 Å². The first-order valence-corrected chi connectivity index (χ1v) is 5.99. The minimum atomic E-state index is -0.962. The number of carboxylic acid groups (broad SMARTS) is 1. The molecule has 0 bridgehead atoms. The number of nitrogens with one attached hydrogen (secondary N) is 1. The molecule has 0 radical (unpaired) electrons. The van der Waals surface area contributed by atoms with Gasteiger partial charge < -0.3 is 14.9 Å². The molecule has 2 N–H and O–H groups in total. The predicted octanol–water partition coefficient (Wildman–Crippen LogP) is 2.25. The highest BCUT2D eigenvalue weighted by Gasteiger charge is 2.08. The highest BCUT2D eigenvalue weighted by Crippen LogP contribution is 2.13. The third-order valence-corrected chi connectivity index (χ3v) is 2.61. The summed E-state index contributed by atoms with van der Waals surface area (Å²) in [6, 6.07) is 4.89. The van der Waals surface area contributed by atoms with Gasteiger partial charge >= 0.3 is 5.97 Å². The average Bonchev–Trinajstić information content (AvgIpc) is 2.81. The number of carboxylic acids is 1. The maximum absolute atomic E-state index is 11.0. The molecule has 0 aliphatic heterocycles. The zero-order valence-electron chi connectivity index (χ0n) is 10.8. The zero-order valence-corrected chi connectivity index (χ0v) is 10.8. The maximum Gasteiger partial charge on any atom is 0.335 e. The molecule has 0 saturated heterocycles. The molecule has 0 saturated carbocycles. The summed E-state index contributed by atoms with van der Waals surface area (Å²) >= 11 is 0. The number of aromatic nitrogens is 2. The summed E-state index contributed by atoms with van der Waals surface area (Å²) in [6.07, 6.45) is 0.678. The van der Waals surface area contributed by atoms with Gasteiger partial charge in [-0.3, -0.25) is 0 Å². The van der Waals surface area contributed by atoms with Crippen LogP contribution in [0.3, 0.4) is 0 Å². The van der Waals surface area contributed by atoms with Crippen LogP contribution in [0.1, 0.15) is 34.4 Å². The molecule has 2 rings (SSSR count). The van der Waals surface area contributed by atoms with E-state index >= 15 is 0 Å². The number of carbonyl (C=O) groups is 1. The van der Waals surface area contributed by atoms with Crippen LogP contribution in [0.2, 0.25) is 0 Å². The van der Waals surface area contributed by atoms with E-state index < -0.39 is 5.97 Å². The van der Waals surface area contributed by atoms with Crippen molar-refractivity contribution in [2.75, 3.05) is 5.32 Å². The molecule has 100 valence electrons. The van der Waals surface area contributed by atoms with Gasteiger partial charge in [-0.25, -0.2) is 9.78 Å². The van der Waals surface area contributed by atoms with E-state index in [0.29, 0.717) is 24.5 Å². The minimum absolute atomic E-state index is 0.225. The van der Waals surface area contributed by atoms with Gasteiger partial charge in [0.25, 0.3) is 0 Å². The normalized spacial score (nSPS) is 10.4. The third-order valence-electron chi connectivity index (χ3n) is 2.61. The molecule has 0 fully saturated rings. The van der Waals surface area contributed by atoms with Crippen LogP contribution >= 0.6 is 0 Å². The second-order valence-corrected chi connectivity index (χ2v) is 4.18. The highest BCUT2D eigenvalue weighted by molar-refractivity contribution is 5.88. The third kappa shape index (κ3) is 3.31. The van der Waals surface area contributed by atoms with E-state index in [2.05, 4.69) is 15.5 Å². The number of aromatic carboxylic acids is 1. The Morgan fingerprint density at radius 3 is 2.79 bits per heavy atom. The van der Waals surface area contributed by atoms with E-state index in [4.69, 9.17) is 9.63 Å². The minimum Gasteiger partial charge on any atom is -0.478 e. The number of anilines is 1. The molecule has 6 heteroatoms. The van der Waals surface area contributed by atoms with E-state index in [1.165, 1.54) is 6.07 Å². The van der Waals surface area contributed by atoms with Crippen molar-refractivity contribution in [1.82, 2.24) is 10.1 Å². The van der Waals surface area contributed by atoms with E-state index in [0.717, 1.165) is 11.4 Å². The molecule has 0 amide bonds. The second-order valence-electron chi connectivity index (χ2n) is 4.18. The van der Waals surface area contributed by atoms with Gasteiger partial charge in [0.2, 0.25) is 0 Å². The molecule has 2 aromatic heterocycles. The number of rotatable bonds is 5. The smallest absolute Gasteiger partial charge is 0.335 e. The van der Waals surface area contributed by atoms with Crippen LogP contribution in [-0.4, -0.2) is 21.2 Å². The summed E-state index contributed by atoms with van der Waals surface area (Å²) in [6.45, 7) is 4.18. The lowest BCUT2D eigenvalue weighted by atomic mass is 10.2. The molecule has 19 heavy (non-hydrogen) atoms. The maximum atomic E-state index is 11.0. The molecular formula is C13H15N3O3. The van der Waals surface area contributed by atoms with Gasteiger partial charge in [0.15, 0.2) is 5.76 Å². The van der Waals surface area contributed by atoms with Gasteiger partial charge in [0.1, 0.15) is 5.82 Å². The van der Waals surface area contributed by atoms with E-state index in [9.17, 15) is 4.79 Å². The van der Waals surface area contributed by atoms with Crippen molar-refractivity contribution in [1.29, 1.82) is 0 Å². The Labute approximate surface area is 110 Å². The SMILES string of the molecule is CCc1cc(C(=O)O)cc(NCc2cc(C)no2)n1. The van der Waals surface area contributed by atoms with Crippen molar-refractivity contribution < 1.29 is 14.4 Å². The zero-order chi connectivity index (χ0) is 13.8. The molecule has 0 atom stereocenters. The van der Waals surface area contributed by atoms with E-state index in [1.807, 2.05) is 19.9 Å². The summed E-state index contributed by atoms with van der Waals surface area (Å²) in [5.74, 6) is 0.236. The molecular weight excluding hydrogens is 246 g/mol. The van der Waals surface area contributed by atoms with Crippen molar-refractivity contribution in [3.8, 4) is 0 Å². The van der Waals surface area contributed by atoms with Crippen molar-refractivity contribution in [3.05, 3.63) is 40.9 Å². The Morgan fingerprint density at radius 2 is 2.21 bits per heavy atom. The molecule has 6 nitrogen and oxygen atoms in total. The molecule has 0 aliphatic rings. The van der Waals surface area contributed by atoms with Crippen LogP contribution in [0.4, 0.5) is 5.82 Å². The van der Waals surface area contributed by atoms with Gasteiger partial charge in [-0.15, -0.1) is 0 Å². The molecule has 2 aromatic rings. The van der Waals surface area contributed by atoms with Gasteiger partial charge in [0.05, 0.1) is 17.8 Å². The first-order chi connectivity index (χ1) is 9.08. The number of hydrogen-bond donors (Lipinski definition) is 2. The largest absolute Gasteiger partial charge is 0.478 e. The lowest BCUT2D eigenvalue weighted by Crippen LogP contribution is -2.06. The first kappa shape index (κ1) is 13.1. The van der Waals surface area contributed by atoms with E-state index in [1.54, 1.807) is 6.07 Å². The molecule has 0 aliphatic carbocycles. The topological polar surface area (TPSA) is 88.2 Å². The van der Waals surface area contributed by atoms with Gasteiger partial charge in [0, 0.05) is 11.8 Å². The fraction of sp³-hybridized carbons (Fsp3) is 0.308. The van der Waals surface area contributed by atoms with Crippen LogP contribution in [0.15, 0.2) is 22.7 Å². The molecule has 0 spiro atoms. The Hall–Kier alpha value is -2.37. The second kappa shape index (κ2) is 5.51. The molecule has 0 aromatic carbocycles. The predicted molar refractivity (Wildman–Crippen MR) is 69.1 cm³/mol. The average molecular weight is 261 g/mol. The number of nitrogens with zero attached hydrogens (tertiary/aromatic N) is 2. The number of aryl methyl sites for hydroxylation is 2. The lowest BCUT2D eigenvalue weighted by molar-refractivity contribution is 0.0696. The van der Waals surface area contributed by atoms with Crippen molar-refractivity contribution in [2.45, 2.75) is 26.8 Å². The highest BCUT2D eigenvalue weighted by atomic mass is 16.5. The Kier molecular flexibility index (Phi) is 3.79. The Balaban J connectivity index is 2.15. The number of pyridine rings is 1. The summed E-state index contributed by atoms with van der Waals surface area (Å²) in [5, 5.41) is 15.8. The van der Waals surface area contributed by atoms with Gasteiger partial charge in [-0.2, -0.15) is 0 Å². The lowest BCUT2D eigenvalue weighted by Gasteiger charge is -2.06. The summed E-state index contributed by atoms with van der Waals surface area (Å²) in [4.78, 5) is 15.3. The monoisotopic (exact) mass is 261 g/mol. The molecule has 0 unspecified atom stereocenters. The van der Waals surface area contributed by atoms with E-state index in [-0.39, 0.29) is 5.56 Å². The van der Waals surface area contributed by atoms with Crippen LogP contribution in [-0.2, 0) is 13.0 Å². The van der Waals surface area contributed by atoms with Crippen LogP contribution in [0.25, 0.3) is 0 Å². The Bertz CT molecular complexity index is 593. The van der Waals surface area contributed by atoms with Crippen LogP contribution in [0, 0.1) is 6.92 Å². The fourth-order valence-electron chi connectivity index (χ4n) is 1.66. The van der Waals surface area contributed by atoms with Gasteiger partial charge in [-0.1, -0.05) is 12.1 Å². The van der Waals surface area contributed by atoms with Crippen molar-refractivity contribution in [3.63, 3.8) is 0 Å². The Morgan fingerprint density at radius 1 is 1.42 bits per heavy atom. The standard InChI is InChI=1S/C13H15N3O3/c1-3-10-5-9(13(17)18)6-12(15-10)14-7-11-4-8(2)16-19-11/h4-6H,3,7H2,1-2H3,(H,14,15)(H,17,18). The first-order valence-electron chi connectivity index (χ1n) is 5.99. The molecule has 2 heterocycles.